The van der Waals surface area contributed by atoms with E-state index in [1.54, 1.807) is 11.8 Å². The van der Waals surface area contributed by atoms with Crippen LogP contribution in [0.4, 0.5) is 11.4 Å². The fraction of sp³-hybridized carbons (Fsp3) is 0.333. The van der Waals surface area contributed by atoms with Crippen molar-refractivity contribution in [3.05, 3.63) is 64.2 Å². The van der Waals surface area contributed by atoms with Crippen molar-refractivity contribution in [1.29, 1.82) is 0 Å². The summed E-state index contributed by atoms with van der Waals surface area (Å²) < 4.78 is 10.3. The Kier molecular flexibility index (Phi) is 6.84. The van der Waals surface area contributed by atoms with E-state index < -0.39 is 17.5 Å². The molecule has 1 aliphatic rings. The van der Waals surface area contributed by atoms with Crippen molar-refractivity contribution in [3.8, 4) is 5.75 Å². The minimum absolute atomic E-state index is 0.00755. The van der Waals surface area contributed by atoms with E-state index in [4.69, 9.17) is 9.47 Å². The highest BCUT2D eigenvalue weighted by molar-refractivity contribution is 5.92. The van der Waals surface area contributed by atoms with E-state index >= 15 is 0 Å². The topological polar surface area (TPSA) is 102 Å². The number of nitrogens with zero attached hydrogens (tertiary/aromatic N) is 3. The van der Waals surface area contributed by atoms with E-state index in [1.807, 2.05) is 30.3 Å². The lowest BCUT2D eigenvalue weighted by molar-refractivity contribution is -0.385. The molecule has 9 heteroatoms. The van der Waals surface area contributed by atoms with Gasteiger partial charge in [0.05, 0.1) is 17.1 Å². The van der Waals surface area contributed by atoms with Crippen LogP contribution in [0, 0.1) is 10.1 Å². The Morgan fingerprint density at radius 3 is 2.40 bits per heavy atom. The van der Waals surface area contributed by atoms with E-state index in [0.717, 1.165) is 11.8 Å². The summed E-state index contributed by atoms with van der Waals surface area (Å²) in [5.74, 6) is -1.01. The molecule has 0 aliphatic carbocycles. The van der Waals surface area contributed by atoms with E-state index in [9.17, 15) is 19.7 Å². The predicted octanol–water partition coefficient (Wildman–Crippen LogP) is 2.50. The third-order valence-corrected chi connectivity index (χ3v) is 4.77. The van der Waals surface area contributed by atoms with Gasteiger partial charge >= 0.3 is 11.7 Å². The lowest BCUT2D eigenvalue weighted by atomic mass is 10.2. The molecule has 0 N–H and O–H groups in total. The predicted molar refractivity (Wildman–Crippen MR) is 110 cm³/mol. The van der Waals surface area contributed by atoms with Crippen LogP contribution in [-0.4, -0.2) is 61.1 Å². The number of hydrogen-bond acceptors (Lipinski definition) is 7. The summed E-state index contributed by atoms with van der Waals surface area (Å²) in [5.41, 5.74) is 0.773. The number of hydrogen-bond donors (Lipinski definition) is 0. The molecule has 30 heavy (non-hydrogen) atoms. The van der Waals surface area contributed by atoms with Crippen molar-refractivity contribution in [1.82, 2.24) is 4.90 Å². The van der Waals surface area contributed by atoms with Crippen LogP contribution in [0.5, 0.6) is 5.75 Å². The van der Waals surface area contributed by atoms with Gasteiger partial charge in [-0.2, -0.15) is 0 Å². The highest BCUT2D eigenvalue weighted by Gasteiger charge is 2.23. The summed E-state index contributed by atoms with van der Waals surface area (Å²) in [6.45, 7) is 3.99. The number of amides is 1. The maximum atomic E-state index is 12.4. The molecule has 158 valence electrons. The van der Waals surface area contributed by atoms with Crippen molar-refractivity contribution < 1.29 is 24.0 Å². The number of carbonyl (C=O) groups excluding carboxylic acids is 2. The number of nitro benzene ring substituents is 1. The van der Waals surface area contributed by atoms with Crippen LogP contribution in [0.2, 0.25) is 0 Å². The molecule has 9 nitrogen and oxygen atoms in total. The first-order chi connectivity index (χ1) is 14.5. The van der Waals surface area contributed by atoms with Crippen LogP contribution in [0.1, 0.15) is 17.3 Å². The molecular formula is C21H23N3O6. The first kappa shape index (κ1) is 21.1. The Morgan fingerprint density at radius 2 is 1.77 bits per heavy atom. The zero-order valence-corrected chi connectivity index (χ0v) is 16.7. The third kappa shape index (κ3) is 5.05. The quantitative estimate of drug-likeness (QED) is 0.390. The second kappa shape index (κ2) is 9.73. The summed E-state index contributed by atoms with van der Waals surface area (Å²) in [6, 6.07) is 13.8. The Hall–Kier alpha value is -3.62. The number of benzene rings is 2. The number of para-hydroxylation sites is 1. The normalized spacial score (nSPS) is 13.6. The Bertz CT molecular complexity index is 910. The van der Waals surface area contributed by atoms with Crippen LogP contribution in [-0.2, 0) is 9.53 Å². The lowest BCUT2D eigenvalue weighted by Crippen LogP contribution is -2.49. The van der Waals surface area contributed by atoms with Gasteiger partial charge < -0.3 is 19.3 Å². The first-order valence-electron chi connectivity index (χ1n) is 9.65. The Morgan fingerprint density at radius 1 is 1.07 bits per heavy atom. The van der Waals surface area contributed by atoms with Crippen molar-refractivity contribution in [3.63, 3.8) is 0 Å². The minimum atomic E-state index is -0.794. The molecule has 1 amide bonds. The van der Waals surface area contributed by atoms with Crippen LogP contribution in [0.3, 0.4) is 0 Å². The number of nitro groups is 1. The van der Waals surface area contributed by atoms with Gasteiger partial charge in [-0.15, -0.1) is 0 Å². The molecule has 0 aromatic heterocycles. The molecule has 1 heterocycles. The average Bonchev–Trinajstić information content (AvgIpc) is 2.78. The largest absolute Gasteiger partial charge is 0.487 e. The summed E-state index contributed by atoms with van der Waals surface area (Å²) >= 11 is 0. The molecule has 0 radical (unpaired) electrons. The van der Waals surface area contributed by atoms with Crippen LogP contribution >= 0.6 is 0 Å². The van der Waals surface area contributed by atoms with Gasteiger partial charge in [0, 0.05) is 37.9 Å². The van der Waals surface area contributed by atoms with Crippen LogP contribution < -0.4 is 9.64 Å². The van der Waals surface area contributed by atoms with Gasteiger partial charge in [0.1, 0.15) is 0 Å². The second-order valence-corrected chi connectivity index (χ2v) is 6.65. The first-order valence-corrected chi connectivity index (χ1v) is 9.65. The van der Waals surface area contributed by atoms with Crippen LogP contribution in [0.15, 0.2) is 48.5 Å². The molecular weight excluding hydrogens is 390 g/mol. The zero-order valence-electron chi connectivity index (χ0n) is 16.7. The highest BCUT2D eigenvalue weighted by Crippen LogP contribution is 2.28. The SMILES string of the molecule is CCOc1ccc(C(=O)OCC(=O)N2CCN(c3ccccc3)CC2)cc1[N+](=O)[O-]. The molecule has 3 rings (SSSR count). The molecule has 0 unspecified atom stereocenters. The smallest absolute Gasteiger partial charge is 0.338 e. The van der Waals surface area contributed by atoms with E-state index in [1.165, 1.54) is 12.1 Å². The number of anilines is 1. The lowest BCUT2D eigenvalue weighted by Gasteiger charge is -2.36. The Balaban J connectivity index is 1.53. The third-order valence-electron chi connectivity index (χ3n) is 4.77. The maximum absolute atomic E-state index is 12.4. The number of esters is 1. The fourth-order valence-electron chi connectivity index (χ4n) is 3.22. The van der Waals surface area contributed by atoms with E-state index in [0.29, 0.717) is 26.2 Å². The van der Waals surface area contributed by atoms with Gasteiger partial charge in [-0.05, 0) is 31.2 Å². The molecule has 1 saturated heterocycles. The van der Waals surface area contributed by atoms with Crippen molar-refractivity contribution in [2.75, 3.05) is 44.3 Å². The summed E-state index contributed by atoms with van der Waals surface area (Å²) in [5, 5.41) is 11.2. The fourth-order valence-corrected chi connectivity index (χ4v) is 3.22. The van der Waals surface area contributed by atoms with Gasteiger partial charge in [0.2, 0.25) is 0 Å². The highest BCUT2D eigenvalue weighted by atomic mass is 16.6. The zero-order chi connectivity index (χ0) is 21.5. The minimum Gasteiger partial charge on any atom is -0.487 e. The maximum Gasteiger partial charge on any atom is 0.338 e. The monoisotopic (exact) mass is 413 g/mol. The molecule has 0 bridgehead atoms. The van der Waals surface area contributed by atoms with Crippen LogP contribution in [0.25, 0.3) is 0 Å². The molecule has 2 aromatic rings. The molecule has 0 spiro atoms. The summed E-state index contributed by atoms with van der Waals surface area (Å²) in [7, 11) is 0. The van der Waals surface area contributed by atoms with Gasteiger partial charge in [-0.3, -0.25) is 14.9 Å². The number of ether oxygens (including phenoxy) is 2. The number of piperazine rings is 1. The molecule has 1 aliphatic heterocycles. The van der Waals surface area contributed by atoms with Gasteiger partial charge in [0.15, 0.2) is 12.4 Å². The van der Waals surface area contributed by atoms with E-state index in [2.05, 4.69) is 4.90 Å². The number of carbonyl (C=O) groups is 2. The van der Waals surface area contributed by atoms with Crippen molar-refractivity contribution in [2.45, 2.75) is 6.92 Å². The molecule has 2 aromatic carbocycles. The Labute approximate surface area is 173 Å². The van der Waals surface area contributed by atoms with E-state index in [-0.39, 0.29) is 29.5 Å². The van der Waals surface area contributed by atoms with Gasteiger partial charge in [-0.25, -0.2) is 4.79 Å². The molecule has 0 saturated carbocycles. The van der Waals surface area contributed by atoms with Crippen molar-refractivity contribution in [2.24, 2.45) is 0 Å². The summed E-state index contributed by atoms with van der Waals surface area (Å²) in [6.07, 6.45) is 0. The van der Waals surface area contributed by atoms with Gasteiger partial charge in [0.25, 0.3) is 5.91 Å². The number of rotatable bonds is 7. The molecule has 0 atom stereocenters. The molecule has 1 fully saturated rings. The average molecular weight is 413 g/mol. The summed E-state index contributed by atoms with van der Waals surface area (Å²) in [4.78, 5) is 39.0. The second-order valence-electron chi connectivity index (χ2n) is 6.65. The van der Waals surface area contributed by atoms with Crippen molar-refractivity contribution >= 4 is 23.3 Å². The standard InChI is InChI=1S/C21H23N3O6/c1-2-29-19-9-8-16(14-18(19)24(27)28)21(26)30-15-20(25)23-12-10-22(11-13-23)17-6-4-3-5-7-17/h3-9,14H,2,10-13,15H2,1H3. The van der Waals surface area contributed by atoms with Gasteiger partial charge in [-0.1, -0.05) is 18.2 Å².